The number of hydrogen-bond donors (Lipinski definition) is 3. The number of rotatable bonds is 10. The average molecular weight is 902 g/mol. The van der Waals surface area contributed by atoms with Gasteiger partial charge in [-0.1, -0.05) is 70.6 Å². The highest BCUT2D eigenvalue weighted by molar-refractivity contribution is 5.78. The predicted molar refractivity (Wildman–Crippen MR) is 235 cm³/mol. The summed E-state index contributed by atoms with van der Waals surface area (Å²) in [7, 11) is 5.04. The fourth-order valence-electron chi connectivity index (χ4n) is 10.9. The van der Waals surface area contributed by atoms with Crippen LogP contribution in [-0.2, 0) is 57.0 Å². The fraction of sp³-hybridized carbons (Fsp3) is 0.776. The molecule has 6 heterocycles. The molecule has 360 valence electrons. The second-order valence-electron chi connectivity index (χ2n) is 19.3. The van der Waals surface area contributed by atoms with Crippen molar-refractivity contribution in [1.82, 2.24) is 5.48 Å². The van der Waals surface area contributed by atoms with Crippen molar-refractivity contribution in [1.29, 1.82) is 0 Å². The summed E-state index contributed by atoms with van der Waals surface area (Å²) in [4.78, 5) is 20.1. The van der Waals surface area contributed by atoms with Crippen molar-refractivity contribution < 1.29 is 67.2 Å². The molecule has 1 unspecified atom stereocenters. The monoisotopic (exact) mass is 902 g/mol. The fourth-order valence-corrected chi connectivity index (χ4v) is 10.9. The van der Waals surface area contributed by atoms with Gasteiger partial charge >= 0.3 is 5.97 Å². The number of fused-ring (bicyclic) bond motifs is 2. The van der Waals surface area contributed by atoms with Crippen LogP contribution in [-0.4, -0.2) is 141 Å². The standard InChI is InChI=1S/C49H75NO14/c1-12-26(2)43-29(5)18-19-48(63-43)24-35-21-34(62-48)17-16-28(4)42(27(3)14-13-15-33-25-56-46-41(51)30(6)20-36(47(52)59-35)49(33,46)53)60-39-22-37(54-10)44(31(7)57-39)61-40-23-38(55-11)45(64-50-9)32(8)58-40/h13-16,18-20,26-27,29,31-32,34-46,50-51,53H,12,17,21-25H2,1-11H3/t26?,27-,29-,31-,32-,34+,35-,36-,37-,38-,39-,40-,41+,42-,43+,44-,45-,46+,48+,49+/m0/s1. The largest absolute Gasteiger partial charge is 0.462 e. The van der Waals surface area contributed by atoms with Gasteiger partial charge in [-0.25, -0.2) is 5.48 Å². The number of methoxy groups -OCH3 is 2. The number of esters is 1. The molecule has 7 aliphatic rings. The van der Waals surface area contributed by atoms with Gasteiger partial charge in [-0.2, -0.15) is 0 Å². The van der Waals surface area contributed by atoms with E-state index in [9.17, 15) is 15.0 Å². The molecule has 0 aromatic carbocycles. The second-order valence-corrected chi connectivity index (χ2v) is 19.3. The number of carbonyl (C=O) groups excluding carboxylic acids is 1. The summed E-state index contributed by atoms with van der Waals surface area (Å²) in [6, 6.07) is 0. The molecule has 15 nitrogen and oxygen atoms in total. The van der Waals surface area contributed by atoms with E-state index in [2.05, 4.69) is 52.3 Å². The van der Waals surface area contributed by atoms with E-state index < -0.39 is 72.5 Å². The van der Waals surface area contributed by atoms with Crippen LogP contribution >= 0.6 is 0 Å². The Morgan fingerprint density at radius 2 is 1.59 bits per heavy atom. The average Bonchev–Trinajstić information content (AvgIpc) is 3.61. The maximum Gasteiger partial charge on any atom is 0.316 e. The van der Waals surface area contributed by atoms with E-state index in [1.165, 1.54) is 0 Å². The van der Waals surface area contributed by atoms with E-state index in [-0.39, 0.29) is 61.0 Å². The number of allylic oxidation sites excluding steroid dienone is 2. The normalized spacial score (nSPS) is 45.9. The van der Waals surface area contributed by atoms with E-state index in [1.54, 1.807) is 40.3 Å². The smallest absolute Gasteiger partial charge is 0.316 e. The lowest BCUT2D eigenvalue weighted by Gasteiger charge is -2.48. The Morgan fingerprint density at radius 1 is 0.906 bits per heavy atom. The summed E-state index contributed by atoms with van der Waals surface area (Å²) in [5, 5.41) is 23.8. The second kappa shape index (κ2) is 20.9. The third-order valence-electron chi connectivity index (χ3n) is 14.7. The summed E-state index contributed by atoms with van der Waals surface area (Å²) in [6.45, 7) is 16.3. The molecule has 6 aliphatic heterocycles. The Kier molecular flexibility index (Phi) is 16.2. The molecule has 1 spiro atoms. The maximum atomic E-state index is 14.4. The van der Waals surface area contributed by atoms with Crippen molar-refractivity contribution in [3.8, 4) is 0 Å². The molecule has 0 amide bonds. The number of nitrogens with one attached hydrogen (secondary N) is 1. The molecular formula is C49H75NO14. The zero-order valence-electron chi connectivity index (χ0n) is 39.7. The Labute approximate surface area is 379 Å². The molecule has 4 fully saturated rings. The number of carbonyl (C=O) groups is 1. The van der Waals surface area contributed by atoms with Gasteiger partial charge in [-0.15, -0.1) is 0 Å². The van der Waals surface area contributed by atoms with Gasteiger partial charge in [0.15, 0.2) is 18.4 Å². The van der Waals surface area contributed by atoms with Crippen LogP contribution in [0.4, 0.5) is 0 Å². The summed E-state index contributed by atoms with van der Waals surface area (Å²) in [5.74, 6) is -2.55. The predicted octanol–water partition coefficient (Wildman–Crippen LogP) is 5.54. The quantitative estimate of drug-likeness (QED) is 0.142. The SMILES string of the molecule is CCC(C)[C@H]1O[C@]2(C=C[C@@H]1C)C[C@@H]1C[C@@H](CC=C(C)[C@@H](O[C@H]3C[C@H](OC)[C@@H](O[C@H]4C[C@H](OC)[C@@H](ONC)[C@H](C)O4)[C@H](C)O3)[C@@H](C)C=CC=C3CO[C@@H]4[C@H](O)C(C)=C[C@@H](C(=O)O1)[C@]34O)O2. The zero-order chi connectivity index (χ0) is 46.1. The third kappa shape index (κ3) is 10.2. The number of hydrogen-bond acceptors (Lipinski definition) is 15. The van der Waals surface area contributed by atoms with Crippen LogP contribution in [0.5, 0.6) is 0 Å². The van der Waals surface area contributed by atoms with Gasteiger partial charge in [0.05, 0.1) is 49.3 Å². The van der Waals surface area contributed by atoms with Gasteiger partial charge in [-0.05, 0) is 62.8 Å². The molecule has 0 aromatic rings. The van der Waals surface area contributed by atoms with Gasteiger partial charge in [0, 0.05) is 58.8 Å². The minimum atomic E-state index is -1.83. The van der Waals surface area contributed by atoms with Crippen molar-refractivity contribution in [2.24, 2.45) is 23.7 Å². The molecule has 3 N–H and O–H groups in total. The first-order valence-electron chi connectivity index (χ1n) is 23.5. The van der Waals surface area contributed by atoms with Crippen molar-refractivity contribution in [3.05, 3.63) is 59.3 Å². The van der Waals surface area contributed by atoms with Crippen LogP contribution in [0.1, 0.15) is 93.9 Å². The lowest BCUT2D eigenvalue weighted by atomic mass is 9.71. The summed E-state index contributed by atoms with van der Waals surface area (Å²) < 4.78 is 64.5. The van der Waals surface area contributed by atoms with Crippen molar-refractivity contribution in [2.75, 3.05) is 27.9 Å². The molecule has 20 atom stereocenters. The minimum absolute atomic E-state index is 0.0354. The van der Waals surface area contributed by atoms with Crippen LogP contribution in [0.3, 0.4) is 0 Å². The first-order valence-corrected chi connectivity index (χ1v) is 23.5. The molecule has 0 aromatic heterocycles. The molecule has 0 saturated carbocycles. The van der Waals surface area contributed by atoms with Crippen molar-refractivity contribution in [3.63, 3.8) is 0 Å². The number of aliphatic hydroxyl groups excluding tert-OH is 1. The molecule has 7 rings (SSSR count). The zero-order valence-corrected chi connectivity index (χ0v) is 39.7. The van der Waals surface area contributed by atoms with E-state index >= 15 is 0 Å². The summed E-state index contributed by atoms with van der Waals surface area (Å²) in [5.41, 5.74) is 2.91. The minimum Gasteiger partial charge on any atom is -0.462 e. The molecule has 15 heteroatoms. The van der Waals surface area contributed by atoms with Gasteiger partial charge in [0.2, 0.25) is 0 Å². The van der Waals surface area contributed by atoms with Crippen LogP contribution in [0.25, 0.3) is 0 Å². The first-order chi connectivity index (χ1) is 30.5. The highest BCUT2D eigenvalue weighted by Gasteiger charge is 2.60. The molecule has 1 aliphatic carbocycles. The molecule has 4 saturated heterocycles. The van der Waals surface area contributed by atoms with E-state index in [4.69, 9.17) is 52.2 Å². The van der Waals surface area contributed by atoms with Gasteiger partial charge in [-0.3, -0.25) is 9.63 Å². The summed E-state index contributed by atoms with van der Waals surface area (Å²) in [6.07, 6.45) is 9.69. The first kappa shape index (κ1) is 49.6. The third-order valence-corrected chi connectivity index (χ3v) is 14.7. The van der Waals surface area contributed by atoms with Crippen molar-refractivity contribution >= 4 is 5.97 Å². The Morgan fingerprint density at radius 3 is 2.28 bits per heavy atom. The van der Waals surface area contributed by atoms with Gasteiger partial charge < -0.3 is 57.6 Å². The lowest BCUT2D eigenvalue weighted by Crippen LogP contribution is -2.58. The van der Waals surface area contributed by atoms with Crippen LogP contribution in [0, 0.1) is 23.7 Å². The maximum absolute atomic E-state index is 14.4. The Hall–Kier alpha value is -2.35. The molecule has 2 bridgehead atoms. The van der Waals surface area contributed by atoms with Crippen LogP contribution in [0.15, 0.2) is 59.3 Å². The molecule has 64 heavy (non-hydrogen) atoms. The number of aliphatic hydroxyl groups is 2. The van der Waals surface area contributed by atoms with Crippen LogP contribution < -0.4 is 5.48 Å². The van der Waals surface area contributed by atoms with E-state index in [0.29, 0.717) is 43.3 Å². The highest BCUT2D eigenvalue weighted by atomic mass is 16.7. The number of ether oxygens (including phenoxy) is 10. The lowest BCUT2D eigenvalue weighted by molar-refractivity contribution is -0.323. The molecular weight excluding hydrogens is 827 g/mol. The van der Waals surface area contributed by atoms with E-state index in [1.807, 2.05) is 32.1 Å². The number of hydroxylamine groups is 1. The molecule has 0 radical (unpaired) electrons. The van der Waals surface area contributed by atoms with E-state index in [0.717, 1.165) is 12.0 Å². The van der Waals surface area contributed by atoms with Gasteiger partial charge in [0.1, 0.15) is 42.0 Å². The van der Waals surface area contributed by atoms with Crippen molar-refractivity contribution in [2.45, 2.75) is 191 Å². The Balaban J connectivity index is 1.17. The highest BCUT2D eigenvalue weighted by Crippen LogP contribution is 2.47. The van der Waals surface area contributed by atoms with Crippen LogP contribution in [0.2, 0.25) is 0 Å². The topological polar surface area (TPSA) is 171 Å². The van der Waals surface area contributed by atoms with Gasteiger partial charge in [0.25, 0.3) is 0 Å². The summed E-state index contributed by atoms with van der Waals surface area (Å²) >= 11 is 0. The Bertz CT molecular complexity index is 1770.